The molecule has 4 aromatic carbocycles. The number of methoxy groups -OCH3 is 3. The Bertz CT molecular complexity index is 2080. The molecule has 1 aromatic heterocycles. The Balaban J connectivity index is 1.61. The van der Waals surface area contributed by atoms with Gasteiger partial charge in [-0.1, -0.05) is 30.3 Å². The molecule has 0 saturated heterocycles. The third-order valence-electron chi connectivity index (χ3n) is 9.35. The fraction of sp³-hybridized carbons (Fsp3) is 0.324. The molecule has 0 atom stereocenters. The molecule has 0 aliphatic heterocycles. The standard InChI is InChI=1S/C37H39F3N6O5S/c1-49-29-14-4-24(5-15-29)22-45-36(42-43-44-45)34-32(26-8-10-27(41)11-9-26)20-21-33(37(38,39)40)35(34)52(47,48)46(28-12-18-31(51-3)19-13-28)23-25-6-16-30(50-2)17-7-25/h4-7,12-21,26-27H,8-11,22-23,41H2,1-3H3. The second-order valence-electron chi connectivity index (χ2n) is 12.6. The van der Waals surface area contributed by atoms with E-state index in [0.717, 1.165) is 15.9 Å². The number of hydrogen-bond acceptors (Lipinski definition) is 9. The van der Waals surface area contributed by atoms with E-state index in [1.807, 2.05) is 0 Å². The van der Waals surface area contributed by atoms with Crippen LogP contribution >= 0.6 is 0 Å². The number of halogens is 3. The van der Waals surface area contributed by atoms with Gasteiger partial charge in [-0.3, -0.25) is 4.31 Å². The first kappa shape index (κ1) is 36.6. The van der Waals surface area contributed by atoms with E-state index in [0.29, 0.717) is 54.1 Å². The van der Waals surface area contributed by atoms with Crippen molar-refractivity contribution in [2.75, 3.05) is 25.6 Å². The van der Waals surface area contributed by atoms with Crippen molar-refractivity contribution in [1.82, 2.24) is 20.2 Å². The molecular formula is C37H39F3N6O5S. The lowest BCUT2D eigenvalue weighted by Gasteiger charge is -2.31. The summed E-state index contributed by atoms with van der Waals surface area (Å²) in [5.74, 6) is 1.18. The summed E-state index contributed by atoms with van der Waals surface area (Å²) >= 11 is 0. The van der Waals surface area contributed by atoms with Crippen LogP contribution in [0.25, 0.3) is 11.4 Å². The van der Waals surface area contributed by atoms with Gasteiger partial charge in [0.1, 0.15) is 22.1 Å². The minimum atomic E-state index is -5.06. The summed E-state index contributed by atoms with van der Waals surface area (Å²) < 4.78 is 94.3. The van der Waals surface area contributed by atoms with Crippen LogP contribution in [0.4, 0.5) is 18.9 Å². The van der Waals surface area contributed by atoms with E-state index in [1.165, 1.54) is 44.2 Å². The van der Waals surface area contributed by atoms with Gasteiger partial charge in [-0.05, 0) is 113 Å². The molecule has 0 bridgehead atoms. The average molecular weight is 737 g/mol. The number of benzene rings is 4. The Kier molecular flexibility index (Phi) is 10.7. The maximum atomic E-state index is 15.3. The highest BCUT2D eigenvalue weighted by Gasteiger charge is 2.44. The van der Waals surface area contributed by atoms with E-state index < -0.39 is 26.7 Å². The fourth-order valence-electron chi connectivity index (χ4n) is 6.55. The Morgan fingerprint density at radius 2 is 1.33 bits per heavy atom. The summed E-state index contributed by atoms with van der Waals surface area (Å²) in [6, 6.07) is 21.9. The van der Waals surface area contributed by atoms with Crippen molar-refractivity contribution >= 4 is 15.7 Å². The van der Waals surface area contributed by atoms with Crippen molar-refractivity contribution < 1.29 is 35.8 Å². The molecule has 15 heteroatoms. The Morgan fingerprint density at radius 1 is 0.788 bits per heavy atom. The molecule has 0 radical (unpaired) electrons. The lowest BCUT2D eigenvalue weighted by atomic mass is 9.79. The number of sulfonamides is 1. The predicted molar refractivity (Wildman–Crippen MR) is 189 cm³/mol. The SMILES string of the molecule is COc1ccc(CN(c2ccc(OC)cc2)S(=O)(=O)c2c(C(F)(F)F)ccc(C3CCC(N)CC3)c2-c2nnnn2Cc2ccc(OC)cc2)cc1. The third-order valence-corrected chi connectivity index (χ3v) is 11.2. The molecule has 1 fully saturated rings. The van der Waals surface area contributed by atoms with Crippen LogP contribution in [0, 0.1) is 0 Å². The summed E-state index contributed by atoms with van der Waals surface area (Å²) in [6.07, 6.45) is -2.72. The van der Waals surface area contributed by atoms with Crippen molar-refractivity contribution in [2.45, 2.75) is 61.8 Å². The molecule has 0 unspecified atom stereocenters. The molecular weight excluding hydrogens is 698 g/mol. The first-order chi connectivity index (χ1) is 24.9. The molecule has 0 spiro atoms. The van der Waals surface area contributed by atoms with Gasteiger partial charge in [-0.15, -0.1) is 5.10 Å². The second kappa shape index (κ2) is 15.2. The number of aromatic nitrogens is 4. The summed E-state index contributed by atoms with van der Waals surface area (Å²) in [5.41, 5.74) is 6.46. The molecule has 1 aliphatic carbocycles. The minimum Gasteiger partial charge on any atom is -0.497 e. The van der Waals surface area contributed by atoms with Crippen LogP contribution in [-0.4, -0.2) is 56.0 Å². The van der Waals surface area contributed by atoms with Gasteiger partial charge < -0.3 is 19.9 Å². The number of anilines is 1. The van der Waals surface area contributed by atoms with Crippen LogP contribution in [0.5, 0.6) is 17.2 Å². The average Bonchev–Trinajstić information content (AvgIpc) is 3.61. The van der Waals surface area contributed by atoms with Gasteiger partial charge in [-0.2, -0.15) is 13.2 Å². The van der Waals surface area contributed by atoms with E-state index in [4.69, 9.17) is 19.9 Å². The van der Waals surface area contributed by atoms with Crippen molar-refractivity contribution in [2.24, 2.45) is 5.73 Å². The lowest BCUT2D eigenvalue weighted by molar-refractivity contribution is -0.139. The molecule has 5 aromatic rings. The smallest absolute Gasteiger partial charge is 0.417 e. The summed E-state index contributed by atoms with van der Waals surface area (Å²) in [4.78, 5) is -0.928. The van der Waals surface area contributed by atoms with Crippen molar-refractivity contribution in [3.8, 4) is 28.6 Å². The molecule has 11 nitrogen and oxygen atoms in total. The Labute approximate surface area is 300 Å². The van der Waals surface area contributed by atoms with Crippen molar-refractivity contribution in [1.29, 1.82) is 0 Å². The number of nitrogens with zero attached hydrogens (tertiary/aromatic N) is 5. The molecule has 1 aliphatic rings. The molecule has 1 saturated carbocycles. The van der Waals surface area contributed by atoms with E-state index in [2.05, 4.69) is 15.5 Å². The first-order valence-corrected chi connectivity index (χ1v) is 18.1. The van der Waals surface area contributed by atoms with Crippen molar-refractivity contribution in [3.05, 3.63) is 107 Å². The molecule has 1 heterocycles. The van der Waals surface area contributed by atoms with Crippen LogP contribution < -0.4 is 24.2 Å². The van der Waals surface area contributed by atoms with Gasteiger partial charge in [0, 0.05) is 11.6 Å². The lowest BCUT2D eigenvalue weighted by Crippen LogP contribution is -2.33. The first-order valence-electron chi connectivity index (χ1n) is 16.6. The Morgan fingerprint density at radius 3 is 1.87 bits per heavy atom. The zero-order valence-corrected chi connectivity index (χ0v) is 29.7. The molecule has 6 rings (SSSR count). The van der Waals surface area contributed by atoms with Gasteiger partial charge in [-0.25, -0.2) is 13.1 Å². The van der Waals surface area contributed by atoms with E-state index in [1.54, 1.807) is 60.7 Å². The number of alkyl halides is 3. The zero-order valence-electron chi connectivity index (χ0n) is 28.9. The summed E-state index contributed by atoms with van der Waals surface area (Å²) in [5, 5.41) is 12.2. The van der Waals surface area contributed by atoms with E-state index >= 15 is 21.6 Å². The quantitative estimate of drug-likeness (QED) is 0.147. The number of ether oxygens (including phenoxy) is 3. The molecule has 52 heavy (non-hydrogen) atoms. The van der Waals surface area contributed by atoms with E-state index in [-0.39, 0.29) is 42.1 Å². The van der Waals surface area contributed by atoms with Crippen LogP contribution in [-0.2, 0) is 29.3 Å². The second-order valence-corrected chi connectivity index (χ2v) is 14.4. The largest absolute Gasteiger partial charge is 0.497 e. The highest BCUT2D eigenvalue weighted by Crippen LogP contribution is 2.47. The van der Waals surface area contributed by atoms with Gasteiger partial charge in [0.05, 0.1) is 45.7 Å². The van der Waals surface area contributed by atoms with Crippen molar-refractivity contribution in [3.63, 3.8) is 0 Å². The number of tetrazole rings is 1. The third kappa shape index (κ3) is 7.70. The normalized spacial score (nSPS) is 16.4. The number of rotatable bonds is 12. The maximum Gasteiger partial charge on any atom is 0.417 e. The predicted octanol–water partition coefficient (Wildman–Crippen LogP) is 6.81. The highest BCUT2D eigenvalue weighted by atomic mass is 32.2. The zero-order chi connectivity index (χ0) is 37.0. The van der Waals surface area contributed by atoms with Gasteiger partial charge >= 0.3 is 6.18 Å². The number of nitrogens with two attached hydrogens (primary N) is 1. The minimum absolute atomic E-state index is 0.0467. The van der Waals surface area contributed by atoms with Gasteiger partial charge in [0.15, 0.2) is 5.82 Å². The highest BCUT2D eigenvalue weighted by molar-refractivity contribution is 7.93. The number of hydrogen-bond donors (Lipinski definition) is 1. The van der Waals surface area contributed by atoms with Gasteiger partial charge in [0.2, 0.25) is 0 Å². The molecule has 0 amide bonds. The van der Waals surface area contributed by atoms with Crippen LogP contribution in [0.15, 0.2) is 89.8 Å². The molecule has 274 valence electrons. The molecule has 2 N–H and O–H groups in total. The maximum absolute atomic E-state index is 15.3. The summed E-state index contributed by atoms with van der Waals surface area (Å²) in [7, 11) is -0.543. The summed E-state index contributed by atoms with van der Waals surface area (Å²) in [6.45, 7) is -0.250. The van der Waals surface area contributed by atoms with Crippen LogP contribution in [0.3, 0.4) is 0 Å². The van der Waals surface area contributed by atoms with Gasteiger partial charge in [0.25, 0.3) is 10.0 Å². The Hall–Kier alpha value is -5.15. The fourth-order valence-corrected chi connectivity index (χ4v) is 8.42. The van der Waals surface area contributed by atoms with Crippen LogP contribution in [0.2, 0.25) is 0 Å². The van der Waals surface area contributed by atoms with E-state index in [9.17, 15) is 0 Å². The van der Waals surface area contributed by atoms with Crippen LogP contribution in [0.1, 0.15) is 53.9 Å². The topological polar surface area (TPSA) is 135 Å². The monoisotopic (exact) mass is 736 g/mol.